The average molecular weight is 247 g/mol. The Morgan fingerprint density at radius 1 is 1.41 bits per heavy atom. The highest BCUT2D eigenvalue weighted by atomic mass is 16.5. The average Bonchev–Trinajstić information content (AvgIpc) is 2.31. The van der Waals surface area contributed by atoms with Gasteiger partial charge < -0.3 is 19.5 Å². The van der Waals surface area contributed by atoms with Crippen LogP contribution in [0, 0.1) is 0 Å². The van der Waals surface area contributed by atoms with Crippen LogP contribution in [0.4, 0.5) is 0 Å². The molecule has 0 saturated heterocycles. The lowest BCUT2D eigenvalue weighted by atomic mass is 10.3. The molecule has 0 spiro atoms. The van der Waals surface area contributed by atoms with Gasteiger partial charge in [-0.15, -0.1) is 0 Å². The Bertz CT molecular complexity index is 209. The number of ether oxygens (including phenoxy) is 2. The van der Waals surface area contributed by atoms with Gasteiger partial charge in [0.2, 0.25) is 0 Å². The number of likely N-dealkylation sites (N-methyl/N-ethyl adjacent to an activating group) is 1. The van der Waals surface area contributed by atoms with E-state index in [-0.39, 0.29) is 12.1 Å². The van der Waals surface area contributed by atoms with Crippen LogP contribution in [-0.2, 0) is 14.3 Å². The molecular weight excluding hydrogens is 222 g/mol. The number of hydrogen-bond donors (Lipinski definition) is 1. The number of aliphatic hydroxyl groups excluding tert-OH is 1. The quantitative estimate of drug-likeness (QED) is 0.606. The second-order valence-corrected chi connectivity index (χ2v) is 4.26. The highest BCUT2D eigenvalue weighted by Gasteiger charge is 2.12. The molecule has 0 bridgehead atoms. The first-order valence-corrected chi connectivity index (χ1v) is 6.08. The predicted molar refractivity (Wildman–Crippen MR) is 65.8 cm³/mol. The van der Waals surface area contributed by atoms with Crippen LogP contribution in [0.2, 0.25) is 0 Å². The summed E-state index contributed by atoms with van der Waals surface area (Å²) in [6, 6.07) is 0. The summed E-state index contributed by atoms with van der Waals surface area (Å²) >= 11 is 0. The van der Waals surface area contributed by atoms with Crippen LogP contribution in [-0.4, -0.2) is 61.5 Å². The molecule has 0 aliphatic rings. The van der Waals surface area contributed by atoms with Crippen molar-refractivity contribution in [1.82, 2.24) is 4.90 Å². The summed E-state index contributed by atoms with van der Waals surface area (Å²) in [6.45, 7) is 8.08. The summed E-state index contributed by atoms with van der Waals surface area (Å²) in [4.78, 5) is 13.0. The Hall–Kier alpha value is -0.650. The fourth-order valence-electron chi connectivity index (χ4n) is 1.38. The molecular formula is C12H25NO4. The summed E-state index contributed by atoms with van der Waals surface area (Å²) in [5, 5.41) is 9.74. The molecule has 17 heavy (non-hydrogen) atoms. The van der Waals surface area contributed by atoms with Gasteiger partial charge in [0.1, 0.15) is 0 Å². The number of hydrogen-bond acceptors (Lipinski definition) is 5. The largest absolute Gasteiger partial charge is 0.469 e. The van der Waals surface area contributed by atoms with Crippen molar-refractivity contribution < 1.29 is 19.4 Å². The van der Waals surface area contributed by atoms with Crippen molar-refractivity contribution in [3.63, 3.8) is 0 Å². The van der Waals surface area contributed by atoms with Crippen molar-refractivity contribution in [1.29, 1.82) is 0 Å². The summed E-state index contributed by atoms with van der Waals surface area (Å²) in [5.74, 6) is -0.226. The van der Waals surface area contributed by atoms with E-state index >= 15 is 0 Å². The Kier molecular flexibility index (Phi) is 9.03. The third-order valence-corrected chi connectivity index (χ3v) is 2.40. The summed E-state index contributed by atoms with van der Waals surface area (Å²) in [6.07, 6.45) is -0.0490. The molecule has 0 amide bonds. The number of carbonyl (C=O) groups is 1. The molecule has 0 fully saturated rings. The van der Waals surface area contributed by atoms with E-state index in [9.17, 15) is 9.90 Å². The molecule has 0 rings (SSSR count). The molecule has 5 heteroatoms. The van der Waals surface area contributed by atoms with Gasteiger partial charge in [-0.05, 0) is 20.4 Å². The fraction of sp³-hybridized carbons (Fsp3) is 0.917. The third-order valence-electron chi connectivity index (χ3n) is 2.40. The van der Waals surface area contributed by atoms with E-state index in [4.69, 9.17) is 4.74 Å². The van der Waals surface area contributed by atoms with Gasteiger partial charge in [0.25, 0.3) is 0 Å². The first kappa shape index (κ1) is 16.4. The third kappa shape index (κ3) is 9.09. The number of nitrogens with zero attached hydrogens (tertiary/aromatic N) is 1. The topological polar surface area (TPSA) is 59.0 Å². The maximum absolute atomic E-state index is 11.0. The Labute approximate surface area is 104 Å². The van der Waals surface area contributed by atoms with E-state index in [2.05, 4.69) is 4.74 Å². The maximum atomic E-state index is 11.0. The molecule has 1 unspecified atom stereocenters. The molecule has 1 N–H and O–H groups in total. The number of methoxy groups -OCH3 is 1. The standard InChI is InChI=1S/C12H25NO4/c1-5-13(7-6-12(15)16-4)8-11(14)9-17-10(2)3/h10-11,14H,5-9H2,1-4H3. The van der Waals surface area contributed by atoms with Crippen LogP contribution in [0.1, 0.15) is 27.2 Å². The minimum atomic E-state index is -0.519. The summed E-state index contributed by atoms with van der Waals surface area (Å²) in [7, 11) is 1.38. The number of esters is 1. The molecule has 102 valence electrons. The molecule has 0 heterocycles. The van der Waals surface area contributed by atoms with E-state index in [1.807, 2.05) is 25.7 Å². The van der Waals surface area contributed by atoms with E-state index in [1.54, 1.807) is 0 Å². The van der Waals surface area contributed by atoms with Gasteiger partial charge in [-0.1, -0.05) is 6.92 Å². The van der Waals surface area contributed by atoms with Crippen LogP contribution in [0.3, 0.4) is 0 Å². The lowest BCUT2D eigenvalue weighted by Crippen LogP contribution is -2.36. The second kappa shape index (κ2) is 9.39. The van der Waals surface area contributed by atoms with Crippen molar-refractivity contribution in [2.75, 3.05) is 33.4 Å². The van der Waals surface area contributed by atoms with E-state index in [1.165, 1.54) is 7.11 Å². The fourth-order valence-corrected chi connectivity index (χ4v) is 1.38. The molecule has 0 aromatic carbocycles. The molecule has 0 aromatic rings. The number of rotatable bonds is 9. The van der Waals surface area contributed by atoms with Crippen LogP contribution >= 0.6 is 0 Å². The first-order chi connectivity index (χ1) is 7.99. The van der Waals surface area contributed by atoms with Crippen molar-refractivity contribution in [3.8, 4) is 0 Å². The van der Waals surface area contributed by atoms with Gasteiger partial charge in [-0.3, -0.25) is 4.79 Å². The molecule has 0 saturated carbocycles. The molecule has 1 atom stereocenters. The van der Waals surface area contributed by atoms with Gasteiger partial charge in [0, 0.05) is 13.1 Å². The van der Waals surface area contributed by atoms with Crippen LogP contribution in [0.15, 0.2) is 0 Å². The molecule has 0 aliphatic carbocycles. The SMILES string of the molecule is CCN(CCC(=O)OC)CC(O)COC(C)C. The zero-order valence-corrected chi connectivity index (χ0v) is 11.3. The van der Waals surface area contributed by atoms with Crippen LogP contribution in [0.5, 0.6) is 0 Å². The van der Waals surface area contributed by atoms with Gasteiger partial charge >= 0.3 is 5.97 Å². The van der Waals surface area contributed by atoms with Crippen molar-refractivity contribution in [2.24, 2.45) is 0 Å². The Balaban J connectivity index is 3.82. The number of aliphatic hydroxyl groups is 1. The molecule has 0 radical (unpaired) electrons. The second-order valence-electron chi connectivity index (χ2n) is 4.26. The van der Waals surface area contributed by atoms with E-state index in [0.29, 0.717) is 26.1 Å². The smallest absolute Gasteiger partial charge is 0.306 e. The monoisotopic (exact) mass is 247 g/mol. The minimum absolute atomic E-state index is 0.120. The van der Waals surface area contributed by atoms with Gasteiger partial charge in [0.05, 0.1) is 32.3 Å². The highest BCUT2D eigenvalue weighted by Crippen LogP contribution is 1.98. The predicted octanol–water partition coefficient (Wildman–Crippen LogP) is 0.657. The van der Waals surface area contributed by atoms with Gasteiger partial charge in [0.15, 0.2) is 0 Å². The lowest BCUT2D eigenvalue weighted by Gasteiger charge is -2.23. The normalized spacial score (nSPS) is 13.1. The summed E-state index contributed by atoms with van der Waals surface area (Å²) in [5.41, 5.74) is 0. The zero-order valence-electron chi connectivity index (χ0n) is 11.3. The highest BCUT2D eigenvalue weighted by molar-refractivity contribution is 5.69. The molecule has 0 aliphatic heterocycles. The number of carbonyl (C=O) groups excluding carboxylic acids is 1. The van der Waals surface area contributed by atoms with E-state index < -0.39 is 6.10 Å². The maximum Gasteiger partial charge on any atom is 0.306 e. The van der Waals surface area contributed by atoms with Gasteiger partial charge in [-0.25, -0.2) is 0 Å². The van der Waals surface area contributed by atoms with E-state index in [0.717, 1.165) is 6.54 Å². The van der Waals surface area contributed by atoms with Crippen LogP contribution in [0.25, 0.3) is 0 Å². The molecule has 0 aromatic heterocycles. The van der Waals surface area contributed by atoms with Crippen molar-refractivity contribution >= 4 is 5.97 Å². The zero-order chi connectivity index (χ0) is 13.3. The lowest BCUT2D eigenvalue weighted by molar-refractivity contribution is -0.141. The van der Waals surface area contributed by atoms with Crippen molar-refractivity contribution in [2.45, 2.75) is 39.4 Å². The summed E-state index contributed by atoms with van der Waals surface area (Å²) < 4.78 is 9.90. The van der Waals surface area contributed by atoms with Crippen LogP contribution < -0.4 is 0 Å². The first-order valence-electron chi connectivity index (χ1n) is 6.08. The van der Waals surface area contributed by atoms with Gasteiger partial charge in [-0.2, -0.15) is 0 Å². The Morgan fingerprint density at radius 3 is 2.53 bits per heavy atom. The van der Waals surface area contributed by atoms with Crippen molar-refractivity contribution in [3.05, 3.63) is 0 Å². The minimum Gasteiger partial charge on any atom is -0.469 e. The Morgan fingerprint density at radius 2 is 2.06 bits per heavy atom. The molecule has 5 nitrogen and oxygen atoms in total.